The second kappa shape index (κ2) is 13.1. The fourth-order valence-electron chi connectivity index (χ4n) is 5.33. The highest BCUT2D eigenvalue weighted by atomic mass is 32.2. The van der Waals surface area contributed by atoms with Crippen molar-refractivity contribution in [3.8, 4) is 56.9 Å². The van der Waals surface area contributed by atoms with Crippen molar-refractivity contribution in [2.75, 3.05) is 0 Å². The van der Waals surface area contributed by atoms with Gasteiger partial charge in [-0.15, -0.1) is 0 Å². The normalized spacial score (nSPS) is 11.1. The maximum atomic E-state index is 15.4. The highest BCUT2D eigenvalue weighted by Gasteiger charge is 2.20. The number of nitrogens with zero attached hydrogens (tertiary/aromatic N) is 4. The first-order chi connectivity index (χ1) is 22.7. The maximum Gasteiger partial charge on any atom is 0.158 e. The molecule has 0 spiro atoms. The van der Waals surface area contributed by atoms with Gasteiger partial charge in [0.15, 0.2) is 9.84 Å². The molecule has 2 aromatic heterocycles. The van der Waals surface area contributed by atoms with E-state index in [1.807, 2.05) is 12.1 Å². The summed E-state index contributed by atoms with van der Waals surface area (Å²) < 4.78 is 57.0. The van der Waals surface area contributed by atoms with Crippen molar-refractivity contribution in [2.45, 2.75) is 11.5 Å². The van der Waals surface area contributed by atoms with Crippen LogP contribution in [0.4, 0.5) is 8.78 Å². The smallest absolute Gasteiger partial charge is 0.158 e. The molecule has 2 heterocycles. The molecule has 0 unspecified atom stereocenters. The Hall–Kier alpha value is -6.03. The zero-order valence-electron chi connectivity index (χ0n) is 24.7. The standard InChI is InChI=1S/C38H24F2N4O2S/c39-35-19-29(37-33(3-1-17-43-37)27-9-5-25(21-41)6-10-27)13-15-31(35)23-47(45,46)24-32-16-14-30(20-36(32)40)38-34(4-2-18-44-38)28-11-7-26(22-42)8-12-28/h1-20H,23-24H2. The molecule has 0 radical (unpaired) electrons. The highest BCUT2D eigenvalue weighted by molar-refractivity contribution is 7.89. The number of sulfone groups is 1. The summed E-state index contributed by atoms with van der Waals surface area (Å²) in [5.74, 6) is -2.67. The minimum Gasteiger partial charge on any atom is -0.256 e. The van der Waals surface area contributed by atoms with Crippen LogP contribution >= 0.6 is 0 Å². The number of aromatic nitrogens is 2. The first-order valence-electron chi connectivity index (χ1n) is 14.4. The SMILES string of the molecule is N#Cc1ccc(-c2cccnc2-c2ccc(CS(=O)(=O)Cc3ccc(-c4ncccc4-c4ccc(C#N)cc4)cc3F)c(F)c2)cc1. The van der Waals surface area contributed by atoms with Crippen molar-refractivity contribution in [1.29, 1.82) is 10.5 Å². The molecule has 0 aliphatic carbocycles. The Morgan fingerprint density at radius 1 is 0.553 bits per heavy atom. The number of benzene rings is 4. The molecular formula is C38H24F2N4O2S. The van der Waals surface area contributed by atoms with E-state index in [0.29, 0.717) is 33.6 Å². The monoisotopic (exact) mass is 638 g/mol. The van der Waals surface area contributed by atoms with Gasteiger partial charge in [0.05, 0.1) is 46.2 Å². The van der Waals surface area contributed by atoms with Gasteiger partial charge in [0.1, 0.15) is 11.6 Å². The molecule has 47 heavy (non-hydrogen) atoms. The van der Waals surface area contributed by atoms with Crippen LogP contribution in [0.1, 0.15) is 22.3 Å². The fourth-order valence-corrected chi connectivity index (χ4v) is 6.85. The predicted octanol–water partition coefficient (Wildman–Crippen LogP) is 8.28. The molecular weight excluding hydrogens is 615 g/mol. The summed E-state index contributed by atoms with van der Waals surface area (Å²) in [5.41, 5.74) is 5.90. The average Bonchev–Trinajstić information content (AvgIpc) is 3.10. The Morgan fingerprint density at radius 2 is 0.936 bits per heavy atom. The number of rotatable bonds is 8. The van der Waals surface area contributed by atoms with E-state index in [1.54, 1.807) is 85.2 Å². The van der Waals surface area contributed by atoms with Crippen molar-refractivity contribution >= 4 is 9.84 Å². The van der Waals surface area contributed by atoms with Gasteiger partial charge in [-0.05, 0) is 59.7 Å². The summed E-state index contributed by atoms with van der Waals surface area (Å²) in [6.45, 7) is 0. The molecule has 0 atom stereocenters. The minimum atomic E-state index is -3.97. The maximum absolute atomic E-state index is 15.4. The van der Waals surface area contributed by atoms with Crippen LogP contribution in [-0.4, -0.2) is 18.4 Å². The second-order valence-corrected chi connectivity index (χ2v) is 12.9. The number of hydrogen-bond donors (Lipinski definition) is 0. The van der Waals surface area contributed by atoms with Crippen LogP contribution in [0.25, 0.3) is 44.8 Å². The van der Waals surface area contributed by atoms with Crippen molar-refractivity contribution in [3.05, 3.63) is 155 Å². The zero-order valence-corrected chi connectivity index (χ0v) is 25.5. The molecule has 6 nitrogen and oxygen atoms in total. The first kappa shape index (κ1) is 31.0. The molecule has 0 saturated heterocycles. The van der Waals surface area contributed by atoms with Gasteiger partial charge in [-0.2, -0.15) is 10.5 Å². The lowest BCUT2D eigenvalue weighted by molar-refractivity contribution is 0.581. The predicted molar refractivity (Wildman–Crippen MR) is 176 cm³/mol. The van der Waals surface area contributed by atoms with Gasteiger partial charge >= 0.3 is 0 Å². The van der Waals surface area contributed by atoms with E-state index in [-0.39, 0.29) is 11.1 Å². The molecule has 0 saturated carbocycles. The third kappa shape index (κ3) is 6.81. The van der Waals surface area contributed by atoms with Gasteiger partial charge in [0.2, 0.25) is 0 Å². The van der Waals surface area contributed by atoms with E-state index >= 15 is 8.78 Å². The summed E-state index contributed by atoms with van der Waals surface area (Å²) in [6, 6.07) is 33.7. The van der Waals surface area contributed by atoms with E-state index in [0.717, 1.165) is 22.3 Å². The van der Waals surface area contributed by atoms with E-state index in [4.69, 9.17) is 10.5 Å². The van der Waals surface area contributed by atoms with Crippen LogP contribution < -0.4 is 0 Å². The van der Waals surface area contributed by atoms with Crippen LogP contribution in [0, 0.1) is 34.3 Å². The topological polar surface area (TPSA) is 108 Å². The van der Waals surface area contributed by atoms with Crippen LogP contribution in [0.5, 0.6) is 0 Å². The number of halogens is 2. The van der Waals surface area contributed by atoms with Crippen LogP contribution in [-0.2, 0) is 21.3 Å². The zero-order chi connectivity index (χ0) is 33.0. The average molecular weight is 639 g/mol. The minimum absolute atomic E-state index is 0.0397. The Balaban J connectivity index is 1.21. The van der Waals surface area contributed by atoms with E-state index in [9.17, 15) is 8.42 Å². The van der Waals surface area contributed by atoms with Crippen LogP contribution in [0.3, 0.4) is 0 Å². The van der Waals surface area contributed by atoms with E-state index in [1.165, 1.54) is 24.3 Å². The van der Waals surface area contributed by atoms with E-state index < -0.39 is 33.0 Å². The van der Waals surface area contributed by atoms with Crippen molar-refractivity contribution < 1.29 is 17.2 Å². The molecule has 0 bridgehead atoms. The molecule has 0 N–H and O–H groups in total. The van der Waals surface area contributed by atoms with Gasteiger partial charge < -0.3 is 0 Å². The van der Waals surface area contributed by atoms with Crippen LogP contribution in [0.15, 0.2) is 122 Å². The lowest BCUT2D eigenvalue weighted by Gasteiger charge is -2.12. The number of pyridine rings is 2. The van der Waals surface area contributed by atoms with Gasteiger partial charge in [0.25, 0.3) is 0 Å². The summed E-state index contributed by atoms with van der Waals surface area (Å²) in [4.78, 5) is 8.86. The quantitative estimate of drug-likeness (QED) is 0.166. The molecule has 0 aliphatic heterocycles. The molecule has 0 amide bonds. The lowest BCUT2D eigenvalue weighted by atomic mass is 9.98. The summed E-state index contributed by atoms with van der Waals surface area (Å²) >= 11 is 0. The summed E-state index contributed by atoms with van der Waals surface area (Å²) in [7, 11) is -3.97. The number of hydrogen-bond acceptors (Lipinski definition) is 6. The lowest BCUT2D eigenvalue weighted by Crippen LogP contribution is -2.10. The van der Waals surface area contributed by atoms with Gasteiger partial charge in [-0.1, -0.05) is 60.7 Å². The van der Waals surface area contributed by atoms with Crippen molar-refractivity contribution in [2.24, 2.45) is 0 Å². The summed E-state index contributed by atoms with van der Waals surface area (Å²) in [6.07, 6.45) is 3.17. The molecule has 9 heteroatoms. The molecule has 6 aromatic rings. The summed E-state index contributed by atoms with van der Waals surface area (Å²) in [5, 5.41) is 18.2. The van der Waals surface area contributed by atoms with E-state index in [2.05, 4.69) is 22.1 Å². The van der Waals surface area contributed by atoms with Gasteiger partial charge in [0, 0.05) is 45.8 Å². The Morgan fingerprint density at radius 3 is 1.30 bits per heavy atom. The first-order valence-corrected chi connectivity index (χ1v) is 16.3. The van der Waals surface area contributed by atoms with Gasteiger partial charge in [-0.25, -0.2) is 17.2 Å². The van der Waals surface area contributed by atoms with Gasteiger partial charge in [-0.3, -0.25) is 9.97 Å². The third-order valence-electron chi connectivity index (χ3n) is 7.67. The molecule has 6 rings (SSSR count). The fraction of sp³-hybridized carbons (Fsp3) is 0.0526. The van der Waals surface area contributed by atoms with Crippen LogP contribution in [0.2, 0.25) is 0 Å². The Bertz CT molecular complexity index is 2150. The third-order valence-corrected chi connectivity index (χ3v) is 9.17. The van der Waals surface area contributed by atoms with Crippen molar-refractivity contribution in [3.63, 3.8) is 0 Å². The molecule has 228 valence electrons. The molecule has 0 aliphatic rings. The number of nitriles is 2. The largest absolute Gasteiger partial charge is 0.256 e. The Labute approximate surface area is 270 Å². The van der Waals surface area contributed by atoms with Crippen molar-refractivity contribution in [1.82, 2.24) is 9.97 Å². The second-order valence-electron chi connectivity index (χ2n) is 10.8. The Kier molecular flexibility index (Phi) is 8.66. The highest BCUT2D eigenvalue weighted by Crippen LogP contribution is 2.33. The molecule has 4 aromatic carbocycles. The molecule has 0 fully saturated rings.